The minimum atomic E-state index is -2.95. The zero-order valence-electron chi connectivity index (χ0n) is 10.4. The Hall–Kier alpha value is -1.85. The number of amides is 1. The van der Waals surface area contributed by atoms with Gasteiger partial charge in [-0.2, -0.15) is 8.78 Å². The lowest BCUT2D eigenvalue weighted by Crippen LogP contribution is -2.17. The van der Waals surface area contributed by atoms with Crippen LogP contribution in [0.5, 0.6) is 11.5 Å². The number of ether oxygens (including phenoxy) is 2. The van der Waals surface area contributed by atoms with Crippen molar-refractivity contribution in [1.82, 2.24) is 0 Å². The number of benzene rings is 1. The normalized spacial score (nSPS) is 10.6. The second-order valence-corrected chi connectivity index (χ2v) is 3.89. The maximum atomic E-state index is 12.2. The molecule has 0 unspecified atom stereocenters. The molecule has 1 rings (SSSR count). The molecule has 0 heterocycles. The van der Waals surface area contributed by atoms with Crippen molar-refractivity contribution in [1.29, 1.82) is 0 Å². The van der Waals surface area contributed by atoms with Gasteiger partial charge >= 0.3 is 6.61 Å². The standard InChI is InChI=1S/C12H15F2NO3/c1-7(2)11(16)15-8-4-5-9(17-3)10(6-8)18-12(13)14/h4-7,12H,1-3H3,(H,15,16). The maximum Gasteiger partial charge on any atom is 0.387 e. The molecule has 1 amide bonds. The highest BCUT2D eigenvalue weighted by atomic mass is 19.3. The Morgan fingerprint density at radius 3 is 2.44 bits per heavy atom. The summed E-state index contributed by atoms with van der Waals surface area (Å²) >= 11 is 0. The van der Waals surface area contributed by atoms with Crippen molar-refractivity contribution in [2.24, 2.45) is 5.92 Å². The van der Waals surface area contributed by atoms with Crippen molar-refractivity contribution in [3.63, 3.8) is 0 Å². The van der Waals surface area contributed by atoms with Crippen molar-refractivity contribution in [2.45, 2.75) is 20.5 Å². The van der Waals surface area contributed by atoms with E-state index in [0.717, 1.165) is 0 Å². The van der Waals surface area contributed by atoms with Crippen molar-refractivity contribution < 1.29 is 23.0 Å². The number of carbonyl (C=O) groups excluding carboxylic acids is 1. The van der Waals surface area contributed by atoms with Crippen LogP contribution in [-0.4, -0.2) is 19.6 Å². The van der Waals surface area contributed by atoms with Gasteiger partial charge in [0, 0.05) is 17.7 Å². The fraction of sp³-hybridized carbons (Fsp3) is 0.417. The molecular weight excluding hydrogens is 244 g/mol. The molecule has 0 fully saturated rings. The van der Waals surface area contributed by atoms with Crippen LogP contribution in [-0.2, 0) is 4.79 Å². The molecule has 0 aromatic heterocycles. The summed E-state index contributed by atoms with van der Waals surface area (Å²) in [5.74, 6) is -0.346. The monoisotopic (exact) mass is 259 g/mol. The highest BCUT2D eigenvalue weighted by molar-refractivity contribution is 5.92. The van der Waals surface area contributed by atoms with Gasteiger partial charge in [-0.05, 0) is 12.1 Å². The minimum Gasteiger partial charge on any atom is -0.493 e. The summed E-state index contributed by atoms with van der Waals surface area (Å²) in [4.78, 5) is 11.5. The van der Waals surface area contributed by atoms with Crippen LogP contribution in [0.1, 0.15) is 13.8 Å². The SMILES string of the molecule is COc1ccc(NC(=O)C(C)C)cc1OC(F)F. The van der Waals surface area contributed by atoms with E-state index in [9.17, 15) is 13.6 Å². The van der Waals surface area contributed by atoms with E-state index in [1.807, 2.05) is 0 Å². The number of anilines is 1. The highest BCUT2D eigenvalue weighted by Gasteiger charge is 2.13. The largest absolute Gasteiger partial charge is 0.493 e. The first-order valence-electron chi connectivity index (χ1n) is 5.37. The Balaban J connectivity index is 2.92. The van der Waals surface area contributed by atoms with Gasteiger partial charge in [0.15, 0.2) is 11.5 Å². The first kappa shape index (κ1) is 14.2. The Bertz CT molecular complexity index is 422. The van der Waals surface area contributed by atoms with E-state index in [0.29, 0.717) is 5.69 Å². The van der Waals surface area contributed by atoms with Gasteiger partial charge in [0.05, 0.1) is 7.11 Å². The van der Waals surface area contributed by atoms with Crippen LogP contribution in [0.4, 0.5) is 14.5 Å². The van der Waals surface area contributed by atoms with Gasteiger partial charge in [0.25, 0.3) is 0 Å². The van der Waals surface area contributed by atoms with Gasteiger partial charge in [-0.25, -0.2) is 0 Å². The van der Waals surface area contributed by atoms with E-state index in [1.54, 1.807) is 19.9 Å². The highest BCUT2D eigenvalue weighted by Crippen LogP contribution is 2.31. The predicted molar refractivity (Wildman–Crippen MR) is 63.1 cm³/mol. The molecule has 1 aromatic carbocycles. The second kappa shape index (κ2) is 6.18. The van der Waals surface area contributed by atoms with Gasteiger partial charge in [-0.15, -0.1) is 0 Å². The average Bonchev–Trinajstić information content (AvgIpc) is 2.28. The molecule has 0 atom stereocenters. The third-order valence-electron chi connectivity index (χ3n) is 2.17. The predicted octanol–water partition coefficient (Wildman–Crippen LogP) is 2.89. The van der Waals surface area contributed by atoms with Crippen LogP contribution < -0.4 is 14.8 Å². The number of hydrogen-bond acceptors (Lipinski definition) is 3. The lowest BCUT2D eigenvalue weighted by Gasteiger charge is -2.13. The molecule has 1 N–H and O–H groups in total. The Morgan fingerprint density at radius 1 is 1.28 bits per heavy atom. The zero-order valence-corrected chi connectivity index (χ0v) is 10.4. The van der Waals surface area contributed by atoms with Crippen LogP contribution in [0.25, 0.3) is 0 Å². The number of carbonyl (C=O) groups is 1. The second-order valence-electron chi connectivity index (χ2n) is 3.89. The molecular formula is C12H15F2NO3. The van der Waals surface area contributed by atoms with Crippen molar-refractivity contribution in [2.75, 3.05) is 12.4 Å². The number of hydrogen-bond donors (Lipinski definition) is 1. The molecule has 0 bridgehead atoms. The molecule has 0 aliphatic rings. The molecule has 0 saturated carbocycles. The van der Waals surface area contributed by atoms with E-state index in [1.165, 1.54) is 19.2 Å². The Labute approximate surface area is 104 Å². The number of methoxy groups -OCH3 is 1. The quantitative estimate of drug-likeness (QED) is 0.884. The minimum absolute atomic E-state index is 0.117. The lowest BCUT2D eigenvalue weighted by atomic mass is 10.2. The van der Waals surface area contributed by atoms with Crippen LogP contribution >= 0.6 is 0 Å². The smallest absolute Gasteiger partial charge is 0.387 e. The molecule has 1 aromatic rings. The van der Waals surface area contributed by atoms with Crippen molar-refractivity contribution in [3.05, 3.63) is 18.2 Å². The van der Waals surface area contributed by atoms with Gasteiger partial charge in [0.2, 0.25) is 5.91 Å². The molecule has 0 aliphatic heterocycles. The summed E-state index contributed by atoms with van der Waals surface area (Å²) in [6.07, 6.45) is 0. The molecule has 0 spiro atoms. The molecule has 18 heavy (non-hydrogen) atoms. The van der Waals surface area contributed by atoms with Crippen LogP contribution in [0, 0.1) is 5.92 Å². The van der Waals surface area contributed by atoms with Crippen molar-refractivity contribution in [3.8, 4) is 11.5 Å². The number of alkyl halides is 2. The van der Waals surface area contributed by atoms with Gasteiger partial charge in [-0.3, -0.25) is 4.79 Å². The summed E-state index contributed by atoms with van der Waals surface area (Å²) < 4.78 is 33.6. The third kappa shape index (κ3) is 3.87. The summed E-state index contributed by atoms with van der Waals surface area (Å²) in [5, 5.41) is 2.59. The molecule has 6 heteroatoms. The van der Waals surface area contributed by atoms with E-state index in [4.69, 9.17) is 4.74 Å². The van der Waals surface area contributed by atoms with E-state index >= 15 is 0 Å². The Kier molecular flexibility index (Phi) is 4.88. The average molecular weight is 259 g/mol. The van der Waals surface area contributed by atoms with Gasteiger partial charge in [0.1, 0.15) is 0 Å². The first-order chi connectivity index (χ1) is 8.43. The fourth-order valence-corrected chi connectivity index (χ4v) is 1.23. The maximum absolute atomic E-state index is 12.2. The molecule has 100 valence electrons. The number of nitrogens with one attached hydrogen (secondary N) is 1. The summed E-state index contributed by atoms with van der Waals surface area (Å²) in [5.41, 5.74) is 0.380. The van der Waals surface area contributed by atoms with Gasteiger partial charge < -0.3 is 14.8 Å². The van der Waals surface area contributed by atoms with Crippen LogP contribution in [0.15, 0.2) is 18.2 Å². The van der Waals surface area contributed by atoms with E-state index < -0.39 is 6.61 Å². The molecule has 0 radical (unpaired) electrons. The number of halogens is 2. The molecule has 0 aliphatic carbocycles. The van der Waals surface area contributed by atoms with Crippen molar-refractivity contribution >= 4 is 11.6 Å². The molecule has 4 nitrogen and oxygen atoms in total. The van der Waals surface area contributed by atoms with Crippen LogP contribution in [0.3, 0.4) is 0 Å². The summed E-state index contributed by atoms with van der Waals surface area (Å²) in [6.45, 7) is 0.514. The van der Waals surface area contributed by atoms with Gasteiger partial charge in [-0.1, -0.05) is 13.8 Å². The lowest BCUT2D eigenvalue weighted by molar-refractivity contribution is -0.118. The molecule has 0 saturated heterocycles. The first-order valence-corrected chi connectivity index (χ1v) is 5.37. The Morgan fingerprint density at radius 2 is 1.94 bits per heavy atom. The van der Waals surface area contributed by atoms with Crippen LogP contribution in [0.2, 0.25) is 0 Å². The summed E-state index contributed by atoms with van der Waals surface area (Å²) in [7, 11) is 1.35. The van der Waals surface area contributed by atoms with E-state index in [-0.39, 0.29) is 23.3 Å². The number of rotatable bonds is 5. The summed E-state index contributed by atoms with van der Waals surface area (Å²) in [6, 6.07) is 4.30. The topological polar surface area (TPSA) is 47.6 Å². The third-order valence-corrected chi connectivity index (χ3v) is 2.17. The fourth-order valence-electron chi connectivity index (χ4n) is 1.23. The van der Waals surface area contributed by atoms with E-state index in [2.05, 4.69) is 10.1 Å². The zero-order chi connectivity index (χ0) is 13.7.